The molecule has 1 aliphatic rings. The maximum Gasteiger partial charge on any atom is 0.294 e. The van der Waals surface area contributed by atoms with Gasteiger partial charge in [-0.1, -0.05) is 25.8 Å². The van der Waals surface area contributed by atoms with Crippen molar-refractivity contribution in [3.63, 3.8) is 0 Å². The largest absolute Gasteiger partial charge is 0.399 e. The Kier molecular flexibility index (Phi) is 12.1. The molecule has 0 radical (unpaired) electrons. The lowest BCUT2D eigenvalue weighted by atomic mass is 9.81. The van der Waals surface area contributed by atoms with Crippen molar-refractivity contribution < 1.29 is 43.5 Å². The summed E-state index contributed by atoms with van der Waals surface area (Å²) in [6, 6.07) is 10.7. The molecule has 0 saturated carbocycles. The van der Waals surface area contributed by atoms with Gasteiger partial charge in [-0.15, -0.1) is 0 Å². The summed E-state index contributed by atoms with van der Waals surface area (Å²) in [7, 11) is -12.2. The van der Waals surface area contributed by atoms with Gasteiger partial charge in [0.15, 0.2) is 5.71 Å². The van der Waals surface area contributed by atoms with Crippen LogP contribution >= 0.6 is 0 Å². The zero-order valence-corrected chi connectivity index (χ0v) is 26.8. The third kappa shape index (κ3) is 10.6. The maximum atomic E-state index is 11.7. The highest BCUT2D eigenvalue weighted by Gasteiger charge is 2.44. The Bertz CT molecular complexity index is 1630. The van der Waals surface area contributed by atoms with Gasteiger partial charge in [-0.05, 0) is 75.1 Å². The predicted octanol–water partition coefficient (Wildman–Crippen LogP) is 4.65. The number of hydrogen-bond donors (Lipinski definition) is 4. The molecule has 0 bridgehead atoms. The highest BCUT2D eigenvalue weighted by molar-refractivity contribution is 7.86. The molecule has 0 aromatic heterocycles. The van der Waals surface area contributed by atoms with Gasteiger partial charge < -0.3 is 5.73 Å². The van der Waals surface area contributed by atoms with Gasteiger partial charge in [-0.25, -0.2) is 0 Å². The van der Waals surface area contributed by atoms with Crippen LogP contribution in [0.15, 0.2) is 47.4 Å². The Labute approximate surface area is 249 Å². The van der Waals surface area contributed by atoms with Crippen LogP contribution in [-0.4, -0.2) is 67.2 Å². The van der Waals surface area contributed by atoms with E-state index in [-0.39, 0.29) is 29.2 Å². The highest BCUT2D eigenvalue weighted by Crippen LogP contribution is 2.41. The maximum absolute atomic E-state index is 11.7. The molecule has 0 atom stereocenters. The summed E-state index contributed by atoms with van der Waals surface area (Å²) in [4.78, 5) is -0.0700. The van der Waals surface area contributed by atoms with Gasteiger partial charge in [-0.2, -0.15) is 29.8 Å². The Morgan fingerprint density at radius 1 is 0.833 bits per heavy atom. The van der Waals surface area contributed by atoms with Crippen molar-refractivity contribution in [1.29, 1.82) is 0 Å². The zero-order valence-electron chi connectivity index (χ0n) is 24.3. The van der Waals surface area contributed by atoms with Gasteiger partial charge in [0.2, 0.25) is 5.69 Å². The first kappa shape index (κ1) is 35.6. The minimum absolute atomic E-state index is 0.0700. The molecule has 42 heavy (non-hydrogen) atoms. The number of rotatable bonds is 12. The first-order valence-electron chi connectivity index (χ1n) is 13.5. The van der Waals surface area contributed by atoms with Gasteiger partial charge in [0.1, 0.15) is 6.54 Å². The van der Waals surface area contributed by atoms with Gasteiger partial charge in [0.25, 0.3) is 30.4 Å². The van der Waals surface area contributed by atoms with E-state index >= 15 is 0 Å². The summed E-state index contributed by atoms with van der Waals surface area (Å²) < 4.78 is 92.4. The van der Waals surface area contributed by atoms with Crippen molar-refractivity contribution in [2.45, 2.75) is 70.1 Å². The van der Waals surface area contributed by atoms with Crippen molar-refractivity contribution in [2.75, 3.05) is 23.8 Å². The normalized spacial score (nSPS) is 15.0. The quantitative estimate of drug-likeness (QED) is 0.109. The van der Waals surface area contributed by atoms with Crippen LogP contribution in [0.4, 0.5) is 11.4 Å². The summed E-state index contributed by atoms with van der Waals surface area (Å²) in [5.74, 6) is -0.753. The monoisotopic (exact) mass is 645 g/mol. The average Bonchev–Trinajstić information content (AvgIpc) is 3.05. The second-order valence-electron chi connectivity index (χ2n) is 10.8. The molecule has 1 aliphatic heterocycles. The predicted molar refractivity (Wildman–Crippen MR) is 165 cm³/mol. The lowest BCUT2D eigenvalue weighted by Gasteiger charge is -2.16. The number of unbranched alkanes of at least 4 members (excludes halogenated alkanes) is 3. The molecular weight excluding hydrogens is 605 g/mol. The van der Waals surface area contributed by atoms with Crippen LogP contribution in [0.1, 0.15) is 69.6 Å². The van der Waals surface area contributed by atoms with Gasteiger partial charge in [-0.3, -0.25) is 13.7 Å². The van der Waals surface area contributed by atoms with Crippen LogP contribution in [-0.2, 0) is 35.8 Å². The van der Waals surface area contributed by atoms with Crippen molar-refractivity contribution in [2.24, 2.45) is 0 Å². The van der Waals surface area contributed by atoms with Gasteiger partial charge in [0.05, 0.1) is 21.8 Å². The van der Waals surface area contributed by atoms with Crippen LogP contribution in [0.25, 0.3) is 6.08 Å². The van der Waals surface area contributed by atoms with Crippen molar-refractivity contribution >= 4 is 53.5 Å². The lowest BCUT2D eigenvalue weighted by molar-refractivity contribution is -0.438. The first-order valence-corrected chi connectivity index (χ1v) is 18.1. The van der Waals surface area contributed by atoms with E-state index in [1.165, 1.54) is 6.07 Å². The fraction of sp³-hybridized carbons (Fsp3) is 0.464. The van der Waals surface area contributed by atoms with Crippen molar-refractivity contribution in [1.82, 2.24) is 0 Å². The number of hydrogen-bond acceptors (Lipinski definition) is 7. The molecule has 1 heterocycles. The third-order valence-corrected chi connectivity index (χ3v) is 9.37. The molecule has 0 unspecified atom stereocenters. The summed E-state index contributed by atoms with van der Waals surface area (Å²) in [6.45, 7) is 9.19. The highest BCUT2D eigenvalue weighted by atomic mass is 32.2. The number of fused-ring (bicyclic) bond motifs is 1. The zero-order chi connectivity index (χ0) is 31.9. The molecular formula is C28H41N2O9S3+. The minimum Gasteiger partial charge on any atom is -0.399 e. The molecule has 5 N–H and O–H groups in total. The summed E-state index contributed by atoms with van der Waals surface area (Å²) in [5, 5.41) is 0. The number of nitrogens with two attached hydrogens (primary N) is 1. The summed E-state index contributed by atoms with van der Waals surface area (Å²) >= 11 is 0. The standard InChI is InChI=1S/C23H28N2O3S.C5H12O6S2/c1-5-6-13-25-21-11-10-19(29(26,27)28)15-20(21)23(3,4)22(25)12-8-17-7-9-18(24)14-16(17)2;6-12(7,8)4-2-1-3-5-13(9,10)11/h7-12,14-15,24H,5-6,13H2,1-4H3,(H,26,27,28);1-5H2,(H,6,7,8)(H,9,10,11)/p+1. The van der Waals surface area contributed by atoms with E-state index in [1.807, 2.05) is 25.1 Å². The fourth-order valence-corrected chi connectivity index (χ4v) is 6.32. The molecule has 0 spiro atoms. The number of benzene rings is 2. The molecule has 14 heteroatoms. The molecule has 0 fully saturated rings. The molecule has 0 aliphatic carbocycles. The number of anilines is 1. The first-order chi connectivity index (χ1) is 19.3. The van der Waals surface area contributed by atoms with Gasteiger partial charge >= 0.3 is 0 Å². The topological polar surface area (TPSA) is 192 Å². The van der Waals surface area contributed by atoms with Crippen LogP contribution in [0.2, 0.25) is 0 Å². The van der Waals surface area contributed by atoms with Crippen LogP contribution in [0.5, 0.6) is 0 Å². The van der Waals surface area contributed by atoms with E-state index < -0.39 is 35.8 Å². The fourth-order valence-electron chi connectivity index (χ4n) is 4.67. The average molecular weight is 646 g/mol. The summed E-state index contributed by atoms with van der Waals surface area (Å²) in [6.07, 6.45) is 6.99. The van der Waals surface area contributed by atoms with E-state index in [9.17, 15) is 29.8 Å². The Balaban J connectivity index is 0.000000401. The third-order valence-electron chi connectivity index (χ3n) is 6.92. The Morgan fingerprint density at radius 3 is 1.93 bits per heavy atom. The van der Waals surface area contributed by atoms with E-state index in [1.54, 1.807) is 12.1 Å². The van der Waals surface area contributed by atoms with Crippen molar-refractivity contribution in [3.8, 4) is 0 Å². The van der Waals surface area contributed by atoms with Crippen LogP contribution in [0, 0.1) is 6.92 Å². The number of nitrogen functional groups attached to an aromatic ring is 1. The molecule has 11 nitrogen and oxygen atoms in total. The molecule has 234 valence electrons. The Hall–Kier alpha value is -2.62. The van der Waals surface area contributed by atoms with E-state index in [0.717, 1.165) is 53.2 Å². The molecule has 3 rings (SSSR count). The minimum atomic E-state index is -4.25. The van der Waals surface area contributed by atoms with E-state index in [0.29, 0.717) is 6.42 Å². The number of aryl methyl sites for hydroxylation is 1. The lowest BCUT2D eigenvalue weighted by Crippen LogP contribution is -2.28. The second kappa shape index (κ2) is 14.2. The van der Waals surface area contributed by atoms with E-state index in [4.69, 9.17) is 14.8 Å². The number of nitrogens with zero attached hydrogens (tertiary/aromatic N) is 1. The molecule has 0 amide bonds. The molecule has 0 saturated heterocycles. The van der Waals surface area contributed by atoms with Crippen LogP contribution < -0.4 is 5.73 Å². The molecule has 2 aromatic carbocycles. The SMILES string of the molecule is CCCC[N+]1=C(/C=C/c2ccc(N)cc2C)C(C)(C)c2cc(S(=O)(=O)O)ccc21.O=S(=O)(O)CCCCCS(=O)(=O)O. The number of allylic oxidation sites excluding steroid dienone is 1. The molecule has 2 aromatic rings. The van der Waals surface area contributed by atoms with Crippen LogP contribution in [0.3, 0.4) is 0 Å². The Morgan fingerprint density at radius 2 is 1.43 bits per heavy atom. The second-order valence-corrected chi connectivity index (χ2v) is 15.3. The van der Waals surface area contributed by atoms with Gasteiger partial charge in [0, 0.05) is 29.8 Å². The summed E-state index contributed by atoms with van der Waals surface area (Å²) in [5.41, 5.74) is 11.4. The smallest absolute Gasteiger partial charge is 0.294 e. The van der Waals surface area contributed by atoms with Crippen molar-refractivity contribution in [3.05, 3.63) is 59.2 Å². The van der Waals surface area contributed by atoms with E-state index in [2.05, 4.69) is 37.5 Å².